The fourth-order valence-corrected chi connectivity index (χ4v) is 3.02. The zero-order valence-electron chi connectivity index (χ0n) is 14.6. The van der Waals surface area contributed by atoms with E-state index in [1.807, 2.05) is 0 Å². The Hall–Kier alpha value is -3.09. The summed E-state index contributed by atoms with van der Waals surface area (Å²) in [5.74, 6) is 0.236. The Morgan fingerprint density at radius 2 is 1.73 bits per heavy atom. The minimum atomic E-state index is -0.309. The number of benzene rings is 1. The second-order valence-electron chi connectivity index (χ2n) is 6.08. The second-order valence-corrected chi connectivity index (χ2v) is 6.08. The fraction of sp³-hybridized carbons (Fsp3) is 0.316. The number of aromatic nitrogens is 1. The van der Waals surface area contributed by atoms with E-state index in [2.05, 4.69) is 0 Å². The predicted molar refractivity (Wildman–Crippen MR) is 94.8 cm³/mol. The van der Waals surface area contributed by atoms with E-state index in [0.717, 1.165) is 0 Å². The van der Waals surface area contributed by atoms with Crippen molar-refractivity contribution in [3.05, 3.63) is 65.1 Å². The summed E-state index contributed by atoms with van der Waals surface area (Å²) in [6, 6.07) is 11.8. The van der Waals surface area contributed by atoms with Gasteiger partial charge in [-0.05, 0) is 30.7 Å². The van der Waals surface area contributed by atoms with Crippen molar-refractivity contribution in [3.8, 4) is 5.75 Å². The molecule has 1 aliphatic rings. The summed E-state index contributed by atoms with van der Waals surface area (Å²) in [4.78, 5) is 28.7. The number of carbonyl (C=O) groups is 2. The number of hydrogen-bond acceptors (Lipinski definition) is 4. The molecule has 2 heterocycles. The Kier molecular flexibility index (Phi) is 5.36. The Morgan fingerprint density at radius 3 is 2.42 bits per heavy atom. The molecular weight excluding hydrogens is 334 g/mol. The van der Waals surface area contributed by atoms with Crippen molar-refractivity contribution in [1.29, 1.82) is 0 Å². The van der Waals surface area contributed by atoms with Gasteiger partial charge in [0.1, 0.15) is 5.75 Å². The van der Waals surface area contributed by atoms with E-state index in [4.69, 9.17) is 4.74 Å². The number of ether oxygens (including phenoxy) is 1. The van der Waals surface area contributed by atoms with Crippen LogP contribution in [0.1, 0.15) is 27.3 Å². The van der Waals surface area contributed by atoms with E-state index >= 15 is 0 Å². The third-order valence-electron chi connectivity index (χ3n) is 4.43. The van der Waals surface area contributed by atoms with E-state index in [-0.39, 0.29) is 17.5 Å². The SMILES string of the molecule is COc1cccc(C(=O)N2CCCN(C(=O)c3cccc[n+]3[O-])CC2)c1. The normalized spacial score (nSPS) is 14.7. The monoisotopic (exact) mass is 355 g/mol. The Balaban J connectivity index is 1.69. The van der Waals surface area contributed by atoms with Crippen molar-refractivity contribution >= 4 is 11.8 Å². The van der Waals surface area contributed by atoms with Gasteiger partial charge >= 0.3 is 5.91 Å². The highest BCUT2D eigenvalue weighted by atomic mass is 16.5. The van der Waals surface area contributed by atoms with Gasteiger partial charge in [-0.25, -0.2) is 0 Å². The summed E-state index contributed by atoms with van der Waals surface area (Å²) < 4.78 is 5.75. The lowest BCUT2D eigenvalue weighted by atomic mass is 10.2. The standard InChI is InChI=1S/C19H21N3O4/c1-26-16-7-4-6-15(14-16)18(23)20-9-5-10-21(13-12-20)19(24)17-8-2-3-11-22(17)25/h2-4,6-8,11,14H,5,9-10,12-13H2,1H3. The van der Waals surface area contributed by atoms with Crippen molar-refractivity contribution in [2.24, 2.45) is 0 Å². The van der Waals surface area contributed by atoms with Crippen LogP contribution in [0.15, 0.2) is 48.7 Å². The maximum absolute atomic E-state index is 12.7. The molecule has 2 aromatic rings. The first-order chi connectivity index (χ1) is 12.6. The lowest BCUT2D eigenvalue weighted by Gasteiger charge is -2.22. The first-order valence-corrected chi connectivity index (χ1v) is 8.51. The van der Waals surface area contributed by atoms with Crippen molar-refractivity contribution in [2.75, 3.05) is 33.3 Å². The molecule has 0 spiro atoms. The van der Waals surface area contributed by atoms with Gasteiger partial charge < -0.3 is 19.7 Å². The average molecular weight is 355 g/mol. The number of carbonyl (C=O) groups excluding carboxylic acids is 2. The molecule has 1 aromatic carbocycles. The minimum absolute atomic E-state index is 0.0863. The molecule has 0 N–H and O–H groups in total. The largest absolute Gasteiger partial charge is 0.618 e. The molecule has 3 rings (SSSR count). The molecule has 0 radical (unpaired) electrons. The van der Waals surface area contributed by atoms with Crippen LogP contribution in [-0.2, 0) is 0 Å². The number of amides is 2. The molecule has 7 heteroatoms. The number of pyridine rings is 1. The smallest absolute Gasteiger partial charge is 0.320 e. The molecule has 1 aliphatic heterocycles. The highest BCUT2D eigenvalue weighted by Crippen LogP contribution is 2.16. The van der Waals surface area contributed by atoms with Crippen LogP contribution in [0, 0.1) is 5.21 Å². The topological polar surface area (TPSA) is 76.8 Å². The van der Waals surface area contributed by atoms with Crippen molar-refractivity contribution in [2.45, 2.75) is 6.42 Å². The van der Waals surface area contributed by atoms with Crippen LogP contribution in [0.4, 0.5) is 0 Å². The third-order valence-corrected chi connectivity index (χ3v) is 4.43. The molecule has 0 saturated carbocycles. The number of hydrogen-bond donors (Lipinski definition) is 0. The summed E-state index contributed by atoms with van der Waals surface area (Å²) >= 11 is 0. The minimum Gasteiger partial charge on any atom is -0.618 e. The molecule has 1 fully saturated rings. The Bertz CT molecular complexity index is 809. The Labute approximate surface area is 152 Å². The molecule has 0 atom stereocenters. The second kappa shape index (κ2) is 7.86. The predicted octanol–water partition coefficient (Wildman–Crippen LogP) is 1.32. The molecule has 1 saturated heterocycles. The summed E-state index contributed by atoms with van der Waals surface area (Å²) in [6.45, 7) is 1.89. The molecule has 7 nitrogen and oxygen atoms in total. The zero-order valence-corrected chi connectivity index (χ0v) is 14.6. The van der Waals surface area contributed by atoms with E-state index in [0.29, 0.717) is 48.6 Å². The maximum atomic E-state index is 12.7. The molecule has 0 bridgehead atoms. The molecule has 1 aromatic heterocycles. The van der Waals surface area contributed by atoms with Gasteiger partial charge in [-0.15, -0.1) is 0 Å². The first kappa shape index (κ1) is 17.7. The fourth-order valence-electron chi connectivity index (χ4n) is 3.02. The molecule has 0 aliphatic carbocycles. The van der Waals surface area contributed by atoms with Gasteiger partial charge in [0, 0.05) is 43.9 Å². The zero-order chi connectivity index (χ0) is 18.5. The lowest BCUT2D eigenvalue weighted by Crippen LogP contribution is -2.43. The van der Waals surface area contributed by atoms with Crippen LogP contribution >= 0.6 is 0 Å². The van der Waals surface area contributed by atoms with Crippen LogP contribution in [0.3, 0.4) is 0 Å². The highest BCUT2D eigenvalue weighted by Gasteiger charge is 2.27. The van der Waals surface area contributed by atoms with E-state index < -0.39 is 0 Å². The molecule has 0 unspecified atom stereocenters. The maximum Gasteiger partial charge on any atom is 0.320 e. The van der Waals surface area contributed by atoms with Crippen LogP contribution < -0.4 is 9.47 Å². The van der Waals surface area contributed by atoms with Crippen LogP contribution in [0.25, 0.3) is 0 Å². The summed E-state index contributed by atoms with van der Waals surface area (Å²) in [5.41, 5.74) is 0.657. The van der Waals surface area contributed by atoms with E-state index in [1.165, 1.54) is 12.3 Å². The lowest BCUT2D eigenvalue weighted by molar-refractivity contribution is -0.608. The van der Waals surface area contributed by atoms with Crippen LogP contribution in [0.5, 0.6) is 5.75 Å². The van der Waals surface area contributed by atoms with Crippen LogP contribution in [0.2, 0.25) is 0 Å². The summed E-state index contributed by atoms with van der Waals surface area (Å²) in [7, 11) is 1.56. The summed E-state index contributed by atoms with van der Waals surface area (Å²) in [5, 5.41) is 11.8. The van der Waals surface area contributed by atoms with Crippen molar-refractivity contribution < 1.29 is 19.1 Å². The highest BCUT2D eigenvalue weighted by molar-refractivity contribution is 5.95. The summed E-state index contributed by atoms with van der Waals surface area (Å²) in [6.07, 6.45) is 1.97. The molecule has 2 amide bonds. The van der Waals surface area contributed by atoms with Gasteiger partial charge in [0.2, 0.25) is 0 Å². The number of rotatable bonds is 3. The van der Waals surface area contributed by atoms with E-state index in [1.54, 1.807) is 53.3 Å². The molecule has 26 heavy (non-hydrogen) atoms. The van der Waals surface area contributed by atoms with Gasteiger partial charge in [-0.1, -0.05) is 6.07 Å². The van der Waals surface area contributed by atoms with Gasteiger partial charge in [0.25, 0.3) is 11.6 Å². The first-order valence-electron chi connectivity index (χ1n) is 8.51. The van der Waals surface area contributed by atoms with Gasteiger partial charge in [0.15, 0.2) is 6.20 Å². The Morgan fingerprint density at radius 1 is 1.00 bits per heavy atom. The molecular formula is C19H21N3O4. The molecule has 136 valence electrons. The van der Waals surface area contributed by atoms with Crippen molar-refractivity contribution in [3.63, 3.8) is 0 Å². The number of nitrogens with zero attached hydrogens (tertiary/aromatic N) is 3. The van der Waals surface area contributed by atoms with Gasteiger partial charge in [-0.2, -0.15) is 4.73 Å². The van der Waals surface area contributed by atoms with Gasteiger partial charge in [-0.3, -0.25) is 9.59 Å². The third kappa shape index (κ3) is 3.77. The van der Waals surface area contributed by atoms with E-state index in [9.17, 15) is 14.8 Å². The van der Waals surface area contributed by atoms with Crippen LogP contribution in [-0.4, -0.2) is 54.9 Å². The average Bonchev–Trinajstić information content (AvgIpc) is 2.93. The van der Waals surface area contributed by atoms with Gasteiger partial charge in [0.05, 0.1) is 7.11 Å². The van der Waals surface area contributed by atoms with Crippen molar-refractivity contribution in [1.82, 2.24) is 9.80 Å². The number of methoxy groups -OCH3 is 1. The quantitative estimate of drug-likeness (QED) is 0.615.